The van der Waals surface area contributed by atoms with Crippen LogP contribution in [0.15, 0.2) is 0 Å². The number of urea groups is 1. The lowest BCUT2D eigenvalue weighted by Gasteiger charge is -2.30. The summed E-state index contributed by atoms with van der Waals surface area (Å²) in [6, 6.07) is -3.81. The van der Waals surface area contributed by atoms with Crippen molar-refractivity contribution in [2.75, 3.05) is 26.7 Å². The van der Waals surface area contributed by atoms with Crippen LogP contribution in [-0.4, -0.2) is 85.7 Å². The number of likely N-dealkylation sites (tertiary alicyclic amines) is 1. The summed E-state index contributed by atoms with van der Waals surface area (Å²) in [5.74, 6) is -3.09. The summed E-state index contributed by atoms with van der Waals surface area (Å²) < 4.78 is 41.4. The Kier molecular flexibility index (Phi) is 9.26. The highest BCUT2D eigenvalue weighted by atomic mass is 19.4. The Bertz CT molecular complexity index is 939. The summed E-state index contributed by atoms with van der Waals surface area (Å²) in [6.45, 7) is 3.13. The van der Waals surface area contributed by atoms with Crippen LogP contribution in [-0.2, 0) is 23.9 Å². The fourth-order valence-electron chi connectivity index (χ4n) is 5.13. The van der Waals surface area contributed by atoms with Gasteiger partial charge in [0.2, 0.25) is 17.7 Å². The van der Waals surface area contributed by atoms with E-state index in [9.17, 15) is 37.1 Å². The van der Waals surface area contributed by atoms with Crippen LogP contribution in [0.4, 0.5) is 18.0 Å². The summed E-state index contributed by atoms with van der Waals surface area (Å²) in [5, 5.41) is 10.2. The second-order valence-corrected chi connectivity index (χ2v) is 10.9. The van der Waals surface area contributed by atoms with Gasteiger partial charge in [0.05, 0.1) is 6.04 Å². The van der Waals surface area contributed by atoms with Gasteiger partial charge in [-0.05, 0) is 49.9 Å². The van der Waals surface area contributed by atoms with Crippen molar-refractivity contribution in [1.29, 1.82) is 0 Å². The molecular formula is C24H36F3N5O6. The third kappa shape index (κ3) is 7.81. The zero-order valence-electron chi connectivity index (χ0n) is 21.8. The number of carbonyl (C=O) groups excluding carboxylic acids is 5. The van der Waals surface area contributed by atoms with Crippen LogP contribution in [0.2, 0.25) is 0 Å². The van der Waals surface area contributed by atoms with Gasteiger partial charge in [0.15, 0.2) is 5.78 Å². The minimum absolute atomic E-state index is 0.0547. The third-order valence-corrected chi connectivity index (χ3v) is 7.36. The van der Waals surface area contributed by atoms with Gasteiger partial charge in [-0.15, -0.1) is 13.2 Å². The Hall–Kier alpha value is -2.90. The molecule has 214 valence electrons. The molecule has 0 aromatic carbocycles. The molecule has 0 bridgehead atoms. The molecule has 0 unspecified atom stereocenters. The number of carbonyl (C=O) groups is 5. The van der Waals surface area contributed by atoms with E-state index in [-0.39, 0.29) is 23.7 Å². The molecule has 3 fully saturated rings. The number of amides is 5. The molecule has 5 amide bonds. The maximum absolute atomic E-state index is 13.6. The van der Waals surface area contributed by atoms with Crippen molar-refractivity contribution in [3.63, 3.8) is 0 Å². The maximum atomic E-state index is 13.6. The molecule has 14 heteroatoms. The highest BCUT2D eigenvalue weighted by molar-refractivity contribution is 5.95. The van der Waals surface area contributed by atoms with Crippen molar-refractivity contribution < 1.29 is 41.9 Å². The molecule has 1 saturated carbocycles. The zero-order valence-corrected chi connectivity index (χ0v) is 21.8. The number of Topliss-reactive ketones (excluding diaryl/α,β-unsaturated/α-hetero) is 1. The molecule has 38 heavy (non-hydrogen) atoms. The van der Waals surface area contributed by atoms with E-state index in [1.54, 1.807) is 0 Å². The molecule has 11 nitrogen and oxygen atoms in total. The quantitative estimate of drug-likeness (QED) is 0.302. The number of rotatable bonds is 11. The number of hydrogen-bond acceptors (Lipinski definition) is 6. The van der Waals surface area contributed by atoms with Gasteiger partial charge in [0, 0.05) is 26.1 Å². The van der Waals surface area contributed by atoms with Gasteiger partial charge in [0.25, 0.3) is 0 Å². The Balaban J connectivity index is 1.78. The first kappa shape index (κ1) is 29.7. The number of halogens is 3. The van der Waals surface area contributed by atoms with E-state index in [0.29, 0.717) is 32.4 Å². The molecule has 2 heterocycles. The lowest BCUT2D eigenvalue weighted by molar-refractivity contribution is -0.321. The monoisotopic (exact) mass is 547 g/mol. The van der Waals surface area contributed by atoms with Crippen LogP contribution in [0.5, 0.6) is 0 Å². The standard InChI is InChI=1S/C24H36F3N5O6/c1-13(2)8-16(31-22(37)28-3)21(36)32-12-23(5-6-23)10-17(32)20(35)30-15(9-14-4-7-29-19(14)34)18(33)11-38-24(25,26)27/h13-17H,4-12H2,1-3H3,(H,29,34)(H,30,35)(H2,28,31,37)/t14-,15-,16+,17-/m0/s1. The Morgan fingerprint density at radius 2 is 1.84 bits per heavy atom. The van der Waals surface area contributed by atoms with Gasteiger partial charge in [-0.2, -0.15) is 0 Å². The van der Waals surface area contributed by atoms with Crippen molar-refractivity contribution in [1.82, 2.24) is 26.2 Å². The fraction of sp³-hybridized carbons (Fsp3) is 0.792. The van der Waals surface area contributed by atoms with Crippen LogP contribution in [0.25, 0.3) is 0 Å². The molecule has 1 spiro atoms. The molecule has 2 saturated heterocycles. The molecule has 3 aliphatic rings. The molecule has 0 aromatic rings. The van der Waals surface area contributed by atoms with E-state index in [1.165, 1.54) is 11.9 Å². The average molecular weight is 548 g/mol. The summed E-state index contributed by atoms with van der Waals surface area (Å²) >= 11 is 0. The van der Waals surface area contributed by atoms with Gasteiger partial charge in [-0.3, -0.25) is 23.9 Å². The van der Waals surface area contributed by atoms with Crippen LogP contribution < -0.4 is 21.3 Å². The minimum atomic E-state index is -5.04. The summed E-state index contributed by atoms with van der Waals surface area (Å²) in [7, 11) is 1.42. The normalized spacial score (nSPS) is 23.7. The number of nitrogens with zero attached hydrogens (tertiary/aromatic N) is 1. The van der Waals surface area contributed by atoms with Gasteiger partial charge in [-0.1, -0.05) is 13.8 Å². The predicted molar refractivity (Wildman–Crippen MR) is 127 cm³/mol. The molecule has 0 radical (unpaired) electrons. The fourth-order valence-corrected chi connectivity index (χ4v) is 5.13. The third-order valence-electron chi connectivity index (χ3n) is 7.36. The Labute approximate surface area is 218 Å². The largest absolute Gasteiger partial charge is 0.522 e. The summed E-state index contributed by atoms with van der Waals surface area (Å²) in [4.78, 5) is 65.1. The molecule has 4 N–H and O–H groups in total. The second kappa shape index (κ2) is 11.9. The van der Waals surface area contributed by atoms with Crippen molar-refractivity contribution >= 4 is 29.5 Å². The van der Waals surface area contributed by atoms with E-state index >= 15 is 0 Å². The summed E-state index contributed by atoms with van der Waals surface area (Å²) in [5.41, 5.74) is -0.239. The Morgan fingerprint density at radius 3 is 2.37 bits per heavy atom. The number of alkyl halides is 3. The summed E-state index contributed by atoms with van der Waals surface area (Å²) in [6.07, 6.45) is -2.56. The molecule has 4 atom stereocenters. The van der Waals surface area contributed by atoms with E-state index in [1.807, 2.05) is 13.8 Å². The molecule has 2 aliphatic heterocycles. The molecular weight excluding hydrogens is 511 g/mol. The number of ketones is 1. The first-order valence-electron chi connectivity index (χ1n) is 12.8. The van der Waals surface area contributed by atoms with Gasteiger partial charge >= 0.3 is 12.4 Å². The molecule has 1 aliphatic carbocycles. The van der Waals surface area contributed by atoms with Crippen LogP contribution >= 0.6 is 0 Å². The van der Waals surface area contributed by atoms with E-state index in [4.69, 9.17) is 0 Å². The van der Waals surface area contributed by atoms with Crippen LogP contribution in [0, 0.1) is 17.3 Å². The highest BCUT2D eigenvalue weighted by Crippen LogP contribution is 2.55. The smallest absolute Gasteiger partial charge is 0.356 e. The Morgan fingerprint density at radius 1 is 1.16 bits per heavy atom. The lowest BCUT2D eigenvalue weighted by atomic mass is 9.95. The minimum Gasteiger partial charge on any atom is -0.356 e. The number of ether oxygens (including phenoxy) is 1. The number of hydrogen-bond donors (Lipinski definition) is 4. The zero-order chi connectivity index (χ0) is 28.3. The first-order chi connectivity index (χ1) is 17.7. The molecule has 3 rings (SSSR count). The van der Waals surface area contributed by atoms with Crippen molar-refractivity contribution in [3.8, 4) is 0 Å². The van der Waals surface area contributed by atoms with Crippen LogP contribution in [0.3, 0.4) is 0 Å². The van der Waals surface area contributed by atoms with Crippen molar-refractivity contribution in [3.05, 3.63) is 0 Å². The van der Waals surface area contributed by atoms with E-state index in [2.05, 4.69) is 26.0 Å². The second-order valence-electron chi connectivity index (χ2n) is 10.9. The highest BCUT2D eigenvalue weighted by Gasteiger charge is 2.56. The molecule has 0 aromatic heterocycles. The predicted octanol–water partition coefficient (Wildman–Crippen LogP) is 0.828. The van der Waals surface area contributed by atoms with Crippen molar-refractivity contribution in [2.45, 2.75) is 76.9 Å². The van der Waals surface area contributed by atoms with E-state index < -0.39 is 60.6 Å². The lowest BCUT2D eigenvalue weighted by Crippen LogP contribution is -2.56. The SMILES string of the molecule is CNC(=O)N[C@H](CC(C)C)C(=O)N1CC2(CC2)C[C@H]1C(=O)N[C@@H](C[C@@H]1CCNC1=O)C(=O)COC(F)(F)F. The van der Waals surface area contributed by atoms with Gasteiger partial charge in [0.1, 0.15) is 18.7 Å². The van der Waals surface area contributed by atoms with Crippen molar-refractivity contribution in [2.24, 2.45) is 17.3 Å². The van der Waals surface area contributed by atoms with Gasteiger partial charge < -0.3 is 26.2 Å². The average Bonchev–Trinajstić information content (AvgIpc) is 3.29. The van der Waals surface area contributed by atoms with E-state index in [0.717, 1.165) is 12.8 Å². The van der Waals surface area contributed by atoms with Gasteiger partial charge in [-0.25, -0.2) is 4.79 Å². The number of nitrogens with one attached hydrogen (secondary N) is 4. The topological polar surface area (TPSA) is 146 Å². The maximum Gasteiger partial charge on any atom is 0.522 e. The van der Waals surface area contributed by atoms with Crippen LogP contribution in [0.1, 0.15) is 52.4 Å². The first-order valence-corrected chi connectivity index (χ1v) is 12.8.